The quantitative estimate of drug-likeness (QED) is 0.373. The van der Waals surface area contributed by atoms with Gasteiger partial charge in [-0.05, 0) is 38.8 Å². The smallest absolute Gasteiger partial charge is 0.181 e. The van der Waals surface area contributed by atoms with Gasteiger partial charge in [-0.2, -0.15) is 5.10 Å². The van der Waals surface area contributed by atoms with Crippen LogP contribution in [0.15, 0.2) is 23.5 Å². The number of hydrogen-bond donors (Lipinski definition) is 3. The highest BCUT2D eigenvalue weighted by atomic mass is 16.5. The molecule has 0 aliphatic heterocycles. The number of aliphatic hydroxyl groups excluding tert-OH is 1. The van der Waals surface area contributed by atoms with E-state index in [0.717, 1.165) is 24.1 Å². The highest BCUT2D eigenvalue weighted by Gasteiger charge is 2.11. The molecule has 0 saturated carbocycles. The zero-order valence-electron chi connectivity index (χ0n) is 16.0. The van der Waals surface area contributed by atoms with E-state index in [1.54, 1.807) is 13.4 Å². The maximum absolute atomic E-state index is 9.15. The molecule has 0 amide bonds. The summed E-state index contributed by atoms with van der Waals surface area (Å²) in [6.45, 7) is 2.62. The van der Waals surface area contributed by atoms with Gasteiger partial charge >= 0.3 is 0 Å². The van der Waals surface area contributed by atoms with Gasteiger partial charge in [-0.3, -0.25) is 0 Å². The molecule has 0 radical (unpaired) electrons. The maximum atomic E-state index is 9.15. The van der Waals surface area contributed by atoms with Crippen molar-refractivity contribution in [2.24, 2.45) is 4.99 Å². The van der Waals surface area contributed by atoms with Gasteiger partial charge in [0.15, 0.2) is 11.6 Å². The largest absolute Gasteiger partial charge is 0.394 e. The molecule has 2 rings (SSSR count). The predicted octanol–water partition coefficient (Wildman–Crippen LogP) is 0.598. The summed E-state index contributed by atoms with van der Waals surface area (Å²) in [5.41, 5.74) is 1.91. The van der Waals surface area contributed by atoms with E-state index in [0.29, 0.717) is 5.82 Å². The average molecular weight is 367 g/mol. The summed E-state index contributed by atoms with van der Waals surface area (Å²) < 4.78 is 7.01. The van der Waals surface area contributed by atoms with Crippen molar-refractivity contribution in [3.05, 3.63) is 24.2 Å². The minimum Gasteiger partial charge on any atom is -0.394 e. The number of ether oxygens (including phenoxy) is 1. The van der Waals surface area contributed by atoms with Gasteiger partial charge in [0.2, 0.25) is 0 Å². The number of aliphatic imine (C=N–C) groups is 1. The van der Waals surface area contributed by atoms with Crippen molar-refractivity contribution < 1.29 is 20.1 Å². The Morgan fingerprint density at radius 2 is 2.00 bits per heavy atom. The maximum Gasteiger partial charge on any atom is 0.181 e. The molecule has 146 valence electrons. The zero-order valence-corrected chi connectivity index (χ0v) is 16.0. The minimum atomic E-state index is -1.50. The third-order valence-corrected chi connectivity index (χ3v) is 3.18. The SMILES string of the molecule is CC(C)(O)O.COC(CO)CCc1ccc2c(N=CN(C)C)ncnn12. The Labute approximate surface area is 153 Å². The van der Waals surface area contributed by atoms with E-state index in [1.807, 2.05) is 35.6 Å². The van der Waals surface area contributed by atoms with Crippen LogP contribution in [0.2, 0.25) is 0 Å². The van der Waals surface area contributed by atoms with Crippen molar-refractivity contribution >= 4 is 17.7 Å². The first kappa shape index (κ1) is 22.0. The summed E-state index contributed by atoms with van der Waals surface area (Å²) in [5.74, 6) is -0.865. The molecule has 26 heavy (non-hydrogen) atoms. The molecule has 9 heteroatoms. The van der Waals surface area contributed by atoms with Crippen molar-refractivity contribution in [2.75, 3.05) is 27.8 Å². The second kappa shape index (κ2) is 10.2. The summed E-state index contributed by atoms with van der Waals surface area (Å²) in [4.78, 5) is 10.4. The Morgan fingerprint density at radius 1 is 1.35 bits per heavy atom. The van der Waals surface area contributed by atoms with E-state index in [1.165, 1.54) is 20.2 Å². The summed E-state index contributed by atoms with van der Waals surface area (Å²) in [6, 6.07) is 3.96. The van der Waals surface area contributed by atoms with Crippen LogP contribution in [0.5, 0.6) is 0 Å². The molecule has 2 aromatic rings. The fourth-order valence-corrected chi connectivity index (χ4v) is 2.03. The lowest BCUT2D eigenvalue weighted by atomic mass is 10.1. The molecule has 3 N–H and O–H groups in total. The molecule has 0 fully saturated rings. The number of methoxy groups -OCH3 is 1. The number of nitrogens with zero attached hydrogens (tertiary/aromatic N) is 5. The Morgan fingerprint density at radius 3 is 2.54 bits per heavy atom. The summed E-state index contributed by atoms with van der Waals surface area (Å²) in [5, 5.41) is 29.6. The third kappa shape index (κ3) is 7.87. The van der Waals surface area contributed by atoms with E-state index >= 15 is 0 Å². The first-order valence-electron chi connectivity index (χ1n) is 8.26. The van der Waals surface area contributed by atoms with Crippen LogP contribution in [-0.2, 0) is 11.2 Å². The Kier molecular flexibility index (Phi) is 8.59. The van der Waals surface area contributed by atoms with Crippen LogP contribution in [0.3, 0.4) is 0 Å². The Bertz CT molecular complexity index is 684. The lowest BCUT2D eigenvalue weighted by Gasteiger charge is -2.11. The second-order valence-corrected chi connectivity index (χ2v) is 6.49. The van der Waals surface area contributed by atoms with Gasteiger partial charge in [0.25, 0.3) is 0 Å². The van der Waals surface area contributed by atoms with Gasteiger partial charge in [-0.25, -0.2) is 14.5 Å². The normalized spacial score (nSPS) is 12.9. The summed E-state index contributed by atoms with van der Waals surface area (Å²) in [6.07, 6.45) is 4.56. The molecular formula is C17H29N5O4. The number of fused-ring (bicyclic) bond motifs is 1. The molecule has 0 bridgehead atoms. The fourth-order valence-electron chi connectivity index (χ4n) is 2.03. The van der Waals surface area contributed by atoms with Gasteiger partial charge in [-0.15, -0.1) is 0 Å². The molecule has 2 aromatic heterocycles. The molecule has 0 spiro atoms. The summed E-state index contributed by atoms with van der Waals surface area (Å²) >= 11 is 0. The van der Waals surface area contributed by atoms with Gasteiger partial charge in [0, 0.05) is 26.9 Å². The van der Waals surface area contributed by atoms with Crippen molar-refractivity contribution in [1.82, 2.24) is 19.5 Å². The third-order valence-electron chi connectivity index (χ3n) is 3.18. The van der Waals surface area contributed by atoms with E-state index in [-0.39, 0.29) is 12.7 Å². The van der Waals surface area contributed by atoms with Crippen molar-refractivity contribution in [3.8, 4) is 0 Å². The molecule has 2 heterocycles. The van der Waals surface area contributed by atoms with Crippen LogP contribution in [-0.4, -0.2) is 80.9 Å². The highest BCUT2D eigenvalue weighted by Crippen LogP contribution is 2.19. The molecule has 0 aliphatic carbocycles. The zero-order chi connectivity index (χ0) is 19.7. The van der Waals surface area contributed by atoms with E-state index < -0.39 is 5.79 Å². The number of aryl methyl sites for hydroxylation is 1. The Hall–Kier alpha value is -2.07. The van der Waals surface area contributed by atoms with E-state index in [4.69, 9.17) is 20.1 Å². The van der Waals surface area contributed by atoms with E-state index in [2.05, 4.69) is 15.1 Å². The first-order valence-corrected chi connectivity index (χ1v) is 8.26. The molecule has 9 nitrogen and oxygen atoms in total. The highest BCUT2D eigenvalue weighted by molar-refractivity contribution is 5.70. The van der Waals surface area contributed by atoms with Crippen LogP contribution in [0, 0.1) is 0 Å². The molecule has 0 aromatic carbocycles. The average Bonchev–Trinajstić information content (AvgIpc) is 2.96. The topological polar surface area (TPSA) is 116 Å². The fraction of sp³-hybridized carbons (Fsp3) is 0.588. The minimum absolute atomic E-state index is 0.0210. The molecule has 1 unspecified atom stereocenters. The van der Waals surface area contributed by atoms with Crippen LogP contribution < -0.4 is 0 Å². The van der Waals surface area contributed by atoms with Crippen LogP contribution in [0.4, 0.5) is 5.82 Å². The van der Waals surface area contributed by atoms with Crippen LogP contribution in [0.1, 0.15) is 26.0 Å². The number of aliphatic hydroxyl groups is 3. The monoisotopic (exact) mass is 367 g/mol. The Balaban J connectivity index is 0.000000597. The van der Waals surface area contributed by atoms with Gasteiger partial charge in [0.1, 0.15) is 11.8 Å². The molecular weight excluding hydrogens is 338 g/mol. The molecule has 1 atom stereocenters. The van der Waals surface area contributed by atoms with Gasteiger partial charge < -0.3 is 25.0 Å². The summed E-state index contributed by atoms with van der Waals surface area (Å²) in [7, 11) is 5.42. The van der Waals surface area contributed by atoms with E-state index in [9.17, 15) is 0 Å². The van der Waals surface area contributed by atoms with Crippen LogP contribution in [0.25, 0.3) is 5.52 Å². The van der Waals surface area contributed by atoms with Crippen molar-refractivity contribution in [1.29, 1.82) is 0 Å². The lowest BCUT2D eigenvalue weighted by molar-refractivity contribution is -0.127. The lowest BCUT2D eigenvalue weighted by Crippen LogP contribution is -2.16. The predicted molar refractivity (Wildman–Crippen MR) is 99.5 cm³/mol. The number of rotatable bonds is 7. The van der Waals surface area contributed by atoms with Crippen molar-refractivity contribution in [2.45, 2.75) is 38.6 Å². The van der Waals surface area contributed by atoms with Gasteiger partial charge in [-0.1, -0.05) is 0 Å². The van der Waals surface area contributed by atoms with Crippen LogP contribution >= 0.6 is 0 Å². The first-order chi connectivity index (χ1) is 12.2. The standard InChI is InChI=1S/C14H21N5O2.C3H8O2/c1-18(2)10-16-14-13-7-5-11(19(13)17-9-15-14)4-6-12(8-20)21-3;1-3(2,4)5/h5,7,9-10,12,20H,4,6,8H2,1-3H3;4-5H,1-2H3. The van der Waals surface area contributed by atoms with Gasteiger partial charge in [0.05, 0.1) is 19.0 Å². The van der Waals surface area contributed by atoms with Crippen molar-refractivity contribution in [3.63, 3.8) is 0 Å². The number of hydrogen-bond acceptors (Lipinski definition) is 7. The molecule has 0 aliphatic rings. The number of aromatic nitrogens is 3. The second-order valence-electron chi connectivity index (χ2n) is 6.49. The molecule has 0 saturated heterocycles.